The van der Waals surface area contributed by atoms with Gasteiger partial charge in [-0.15, -0.1) is 0 Å². The Morgan fingerprint density at radius 1 is 1.00 bits per heavy atom. The molecule has 144 valence electrons. The number of aryl methyl sites for hydroxylation is 1. The van der Waals surface area contributed by atoms with Gasteiger partial charge in [0.05, 0.1) is 10.9 Å². The Balaban J connectivity index is 1.63. The molecule has 1 aromatic heterocycles. The molecule has 1 heterocycles. The van der Waals surface area contributed by atoms with Crippen LogP contribution < -0.4 is 10.2 Å². The van der Waals surface area contributed by atoms with Crippen molar-refractivity contribution in [3.05, 3.63) is 100 Å². The zero-order chi connectivity index (χ0) is 20.4. The number of halogens is 1. The van der Waals surface area contributed by atoms with Crippen LogP contribution in [0.3, 0.4) is 0 Å². The number of hydrogen-bond donors (Lipinski definition) is 0. The first kappa shape index (κ1) is 18.6. The summed E-state index contributed by atoms with van der Waals surface area (Å²) in [5.41, 5.74) is 1.71. The molecule has 0 aliphatic heterocycles. The van der Waals surface area contributed by atoms with Crippen LogP contribution in [0.1, 0.15) is 16.1 Å². The molecule has 0 fully saturated rings. The summed E-state index contributed by atoms with van der Waals surface area (Å²) in [4.78, 5) is 25.1. The van der Waals surface area contributed by atoms with Gasteiger partial charge in [-0.1, -0.05) is 42.5 Å². The molecular formula is C24H17FO4. The molecule has 4 nitrogen and oxygen atoms in total. The van der Waals surface area contributed by atoms with E-state index in [1.165, 1.54) is 12.1 Å². The first-order chi connectivity index (χ1) is 14.0. The molecule has 0 bridgehead atoms. The van der Waals surface area contributed by atoms with Gasteiger partial charge in [-0.05, 0) is 36.8 Å². The number of benzene rings is 3. The summed E-state index contributed by atoms with van der Waals surface area (Å²) in [6.45, 7) is 1.57. The van der Waals surface area contributed by atoms with Crippen molar-refractivity contribution in [2.75, 3.05) is 6.61 Å². The van der Waals surface area contributed by atoms with Gasteiger partial charge in [-0.2, -0.15) is 0 Å². The summed E-state index contributed by atoms with van der Waals surface area (Å²) in [6, 6.07) is 19.4. The number of ether oxygens (including phenoxy) is 1. The SMILES string of the molecule is Cc1oc2cc(OCC(=O)c3ccccc3)ccc2c(=O)c1-c1ccc(F)cc1. The van der Waals surface area contributed by atoms with Crippen molar-refractivity contribution in [2.24, 2.45) is 0 Å². The third kappa shape index (κ3) is 3.80. The molecule has 0 amide bonds. The number of Topliss-reactive ketones (excluding diaryl/α,β-unsaturated/α-hetero) is 1. The van der Waals surface area contributed by atoms with Crippen LogP contribution in [0.5, 0.6) is 5.75 Å². The van der Waals surface area contributed by atoms with Crippen molar-refractivity contribution >= 4 is 16.8 Å². The van der Waals surface area contributed by atoms with E-state index in [1.54, 1.807) is 61.5 Å². The zero-order valence-electron chi connectivity index (χ0n) is 15.6. The van der Waals surface area contributed by atoms with E-state index in [9.17, 15) is 14.0 Å². The van der Waals surface area contributed by atoms with Crippen LogP contribution in [0.4, 0.5) is 4.39 Å². The minimum Gasteiger partial charge on any atom is -0.485 e. The molecule has 0 N–H and O–H groups in total. The van der Waals surface area contributed by atoms with Gasteiger partial charge in [-0.25, -0.2) is 4.39 Å². The monoisotopic (exact) mass is 388 g/mol. The average molecular weight is 388 g/mol. The van der Waals surface area contributed by atoms with Gasteiger partial charge in [-0.3, -0.25) is 9.59 Å². The highest BCUT2D eigenvalue weighted by molar-refractivity contribution is 5.97. The molecule has 4 aromatic rings. The van der Waals surface area contributed by atoms with Gasteiger partial charge in [0.1, 0.15) is 22.9 Å². The van der Waals surface area contributed by atoms with Gasteiger partial charge in [0.2, 0.25) is 5.43 Å². The molecule has 0 saturated carbocycles. The smallest absolute Gasteiger partial charge is 0.200 e. The first-order valence-corrected chi connectivity index (χ1v) is 9.07. The van der Waals surface area contributed by atoms with Crippen LogP contribution in [-0.2, 0) is 0 Å². The molecule has 3 aromatic carbocycles. The lowest BCUT2D eigenvalue weighted by Gasteiger charge is -2.09. The van der Waals surface area contributed by atoms with Gasteiger partial charge in [0, 0.05) is 11.6 Å². The van der Waals surface area contributed by atoms with Crippen molar-refractivity contribution in [1.82, 2.24) is 0 Å². The van der Waals surface area contributed by atoms with E-state index in [-0.39, 0.29) is 23.6 Å². The molecule has 29 heavy (non-hydrogen) atoms. The fourth-order valence-corrected chi connectivity index (χ4v) is 3.18. The minimum absolute atomic E-state index is 0.119. The van der Waals surface area contributed by atoms with Crippen LogP contribution in [0.25, 0.3) is 22.1 Å². The minimum atomic E-state index is -0.372. The summed E-state index contributed by atoms with van der Waals surface area (Å²) in [5.74, 6) is 0.337. The Bertz CT molecular complexity index is 1240. The highest BCUT2D eigenvalue weighted by Crippen LogP contribution is 2.26. The molecule has 5 heteroatoms. The van der Waals surface area contributed by atoms with Gasteiger partial charge in [0.25, 0.3) is 0 Å². The molecule has 0 saturated heterocycles. The second kappa shape index (κ2) is 7.72. The topological polar surface area (TPSA) is 56.5 Å². The number of carbonyl (C=O) groups excluding carboxylic acids is 1. The Morgan fingerprint density at radius 3 is 2.45 bits per heavy atom. The van der Waals surface area contributed by atoms with Gasteiger partial charge in [0.15, 0.2) is 12.4 Å². The molecule has 0 aliphatic carbocycles. The van der Waals surface area contributed by atoms with E-state index in [0.29, 0.717) is 39.2 Å². The maximum atomic E-state index is 13.2. The average Bonchev–Trinajstić information content (AvgIpc) is 2.73. The summed E-state index contributed by atoms with van der Waals surface area (Å²) >= 11 is 0. The molecule has 0 spiro atoms. The lowest BCUT2D eigenvalue weighted by molar-refractivity contribution is 0.0921. The zero-order valence-corrected chi connectivity index (χ0v) is 15.6. The molecule has 0 unspecified atom stereocenters. The Kier molecular flexibility index (Phi) is 4.96. The summed E-state index contributed by atoms with van der Waals surface area (Å²) in [5, 5.41) is 0.386. The van der Waals surface area contributed by atoms with Crippen molar-refractivity contribution in [3.63, 3.8) is 0 Å². The molecule has 4 rings (SSSR count). The van der Waals surface area contributed by atoms with Crippen molar-refractivity contribution < 1.29 is 18.3 Å². The van der Waals surface area contributed by atoms with Crippen LogP contribution >= 0.6 is 0 Å². The highest BCUT2D eigenvalue weighted by atomic mass is 19.1. The standard InChI is InChI=1S/C24H17FO4/c1-15-23(17-7-9-18(25)10-8-17)24(27)20-12-11-19(13-22(20)29-15)28-14-21(26)16-5-3-2-4-6-16/h2-13H,14H2,1H3. The second-order valence-corrected chi connectivity index (χ2v) is 6.61. The van der Waals surface area contributed by atoms with Crippen molar-refractivity contribution in [1.29, 1.82) is 0 Å². The quantitative estimate of drug-likeness (QED) is 0.443. The van der Waals surface area contributed by atoms with Crippen LogP contribution in [0.15, 0.2) is 82.0 Å². The Labute approximate surface area is 166 Å². The predicted octanol–water partition coefficient (Wildman–Crippen LogP) is 5.17. The molecule has 0 atom stereocenters. The fourth-order valence-electron chi connectivity index (χ4n) is 3.18. The highest BCUT2D eigenvalue weighted by Gasteiger charge is 2.15. The number of ketones is 1. The lowest BCUT2D eigenvalue weighted by Crippen LogP contribution is -2.12. The number of fused-ring (bicyclic) bond motifs is 1. The van der Waals surface area contributed by atoms with Gasteiger partial charge < -0.3 is 9.15 Å². The third-order valence-corrected chi connectivity index (χ3v) is 4.64. The summed E-state index contributed by atoms with van der Waals surface area (Å²) in [7, 11) is 0. The summed E-state index contributed by atoms with van der Waals surface area (Å²) in [6.07, 6.45) is 0. The maximum Gasteiger partial charge on any atom is 0.200 e. The number of rotatable bonds is 5. The van der Waals surface area contributed by atoms with Crippen molar-refractivity contribution in [2.45, 2.75) is 6.92 Å². The first-order valence-electron chi connectivity index (χ1n) is 9.07. The Hall–Kier alpha value is -3.73. The number of hydrogen-bond acceptors (Lipinski definition) is 4. The second-order valence-electron chi connectivity index (χ2n) is 6.61. The normalized spacial score (nSPS) is 10.8. The number of carbonyl (C=O) groups is 1. The van der Waals surface area contributed by atoms with E-state index in [0.717, 1.165) is 0 Å². The molecule has 0 radical (unpaired) electrons. The van der Waals surface area contributed by atoms with E-state index in [4.69, 9.17) is 9.15 Å². The third-order valence-electron chi connectivity index (χ3n) is 4.64. The molecular weight excluding hydrogens is 371 g/mol. The molecule has 0 aliphatic rings. The van der Waals surface area contributed by atoms with E-state index in [2.05, 4.69) is 0 Å². The lowest BCUT2D eigenvalue weighted by atomic mass is 10.0. The Morgan fingerprint density at radius 2 is 1.72 bits per heavy atom. The van der Waals surface area contributed by atoms with Crippen LogP contribution in [-0.4, -0.2) is 12.4 Å². The van der Waals surface area contributed by atoms with Gasteiger partial charge >= 0.3 is 0 Å². The maximum absolute atomic E-state index is 13.2. The van der Waals surface area contributed by atoms with E-state index >= 15 is 0 Å². The van der Waals surface area contributed by atoms with Crippen LogP contribution in [0, 0.1) is 12.7 Å². The fraction of sp³-hybridized carbons (Fsp3) is 0.0833. The van der Waals surface area contributed by atoms with E-state index < -0.39 is 0 Å². The van der Waals surface area contributed by atoms with Crippen LogP contribution in [0.2, 0.25) is 0 Å². The van der Waals surface area contributed by atoms with E-state index in [1.807, 2.05) is 6.07 Å². The predicted molar refractivity (Wildman–Crippen MR) is 109 cm³/mol. The summed E-state index contributed by atoms with van der Waals surface area (Å²) < 4.78 is 24.6. The van der Waals surface area contributed by atoms with Crippen molar-refractivity contribution in [3.8, 4) is 16.9 Å². The largest absolute Gasteiger partial charge is 0.485 e.